The van der Waals surface area contributed by atoms with Crippen LogP contribution in [0, 0.1) is 5.92 Å². The topological polar surface area (TPSA) is 60.2 Å². The van der Waals surface area contributed by atoms with Gasteiger partial charge in [0.05, 0.1) is 11.5 Å². The minimum Gasteiger partial charge on any atom is -0.321 e. The summed E-state index contributed by atoms with van der Waals surface area (Å²) < 4.78 is 23.2. The highest BCUT2D eigenvalue weighted by Crippen LogP contribution is 2.37. The van der Waals surface area contributed by atoms with Crippen molar-refractivity contribution in [3.05, 3.63) is 35.9 Å². The van der Waals surface area contributed by atoms with Crippen molar-refractivity contribution in [2.75, 3.05) is 11.5 Å². The lowest BCUT2D eigenvalue weighted by atomic mass is 9.76. The van der Waals surface area contributed by atoms with E-state index in [0.717, 1.165) is 12.0 Å². The Morgan fingerprint density at radius 1 is 1.35 bits per heavy atom. The van der Waals surface area contributed by atoms with Gasteiger partial charge in [0.1, 0.15) is 0 Å². The molecule has 1 saturated heterocycles. The van der Waals surface area contributed by atoms with E-state index in [1.165, 1.54) is 0 Å². The zero-order valence-corrected chi connectivity index (χ0v) is 10.9. The van der Waals surface area contributed by atoms with Crippen molar-refractivity contribution in [2.45, 2.75) is 25.3 Å². The van der Waals surface area contributed by atoms with E-state index in [1.54, 1.807) is 0 Å². The first-order valence-corrected chi connectivity index (χ1v) is 7.85. The molecule has 17 heavy (non-hydrogen) atoms. The fourth-order valence-corrected chi connectivity index (χ4v) is 4.57. The van der Waals surface area contributed by atoms with Crippen LogP contribution in [0.1, 0.15) is 25.3 Å². The van der Waals surface area contributed by atoms with Gasteiger partial charge < -0.3 is 5.73 Å². The first kappa shape index (κ1) is 12.6. The Bertz CT molecular complexity index is 483. The van der Waals surface area contributed by atoms with Crippen LogP contribution in [-0.4, -0.2) is 19.9 Å². The zero-order valence-electron chi connectivity index (χ0n) is 10.1. The summed E-state index contributed by atoms with van der Waals surface area (Å²) in [6.45, 7) is 2.03. The summed E-state index contributed by atoms with van der Waals surface area (Å²) in [5.41, 5.74) is 7.02. The van der Waals surface area contributed by atoms with Gasteiger partial charge in [-0.2, -0.15) is 0 Å². The molecule has 0 saturated carbocycles. The van der Waals surface area contributed by atoms with E-state index in [-0.39, 0.29) is 17.4 Å². The molecule has 2 rings (SSSR count). The molecule has 0 amide bonds. The third-order valence-electron chi connectivity index (χ3n) is 3.86. The van der Waals surface area contributed by atoms with E-state index in [1.807, 2.05) is 37.3 Å². The number of rotatable bonds is 3. The van der Waals surface area contributed by atoms with Gasteiger partial charge in [-0.05, 0) is 24.3 Å². The summed E-state index contributed by atoms with van der Waals surface area (Å²) >= 11 is 0. The molecule has 2 N–H and O–H groups in total. The maximum atomic E-state index is 11.6. The Labute approximate surface area is 103 Å². The lowest BCUT2D eigenvalue weighted by Gasteiger charge is -2.34. The summed E-state index contributed by atoms with van der Waals surface area (Å²) in [6, 6.07) is 9.85. The highest BCUT2D eigenvalue weighted by molar-refractivity contribution is 7.91. The van der Waals surface area contributed by atoms with E-state index < -0.39 is 15.4 Å². The Hall–Kier alpha value is -0.870. The predicted molar refractivity (Wildman–Crippen MR) is 69.4 cm³/mol. The fourth-order valence-electron chi connectivity index (χ4n) is 2.68. The van der Waals surface area contributed by atoms with E-state index in [9.17, 15) is 8.42 Å². The maximum absolute atomic E-state index is 11.6. The van der Waals surface area contributed by atoms with Gasteiger partial charge >= 0.3 is 0 Å². The lowest BCUT2D eigenvalue weighted by Crippen LogP contribution is -2.44. The van der Waals surface area contributed by atoms with Crippen LogP contribution in [0.25, 0.3) is 0 Å². The highest BCUT2D eigenvalue weighted by Gasteiger charge is 2.41. The van der Waals surface area contributed by atoms with E-state index >= 15 is 0 Å². The molecule has 3 nitrogen and oxygen atoms in total. The average Bonchev–Trinajstić information content (AvgIpc) is 2.70. The molecule has 1 aromatic carbocycles. The van der Waals surface area contributed by atoms with Crippen molar-refractivity contribution in [3.63, 3.8) is 0 Å². The molecule has 0 spiro atoms. The summed E-state index contributed by atoms with van der Waals surface area (Å²) in [7, 11) is -2.88. The van der Waals surface area contributed by atoms with Gasteiger partial charge in [0, 0.05) is 5.54 Å². The quantitative estimate of drug-likeness (QED) is 0.891. The summed E-state index contributed by atoms with van der Waals surface area (Å²) in [6.07, 6.45) is 1.44. The molecule has 0 aromatic heterocycles. The minimum absolute atomic E-state index is 0.0416. The molecular weight excluding hydrogens is 234 g/mol. The zero-order chi connectivity index (χ0) is 12.5. The molecule has 0 bridgehead atoms. The van der Waals surface area contributed by atoms with Crippen LogP contribution in [-0.2, 0) is 15.4 Å². The van der Waals surface area contributed by atoms with Crippen molar-refractivity contribution < 1.29 is 8.42 Å². The molecule has 2 unspecified atom stereocenters. The molecule has 94 valence electrons. The number of benzene rings is 1. The van der Waals surface area contributed by atoms with Crippen LogP contribution in [0.4, 0.5) is 0 Å². The maximum Gasteiger partial charge on any atom is 0.150 e. The summed E-state index contributed by atoms with van der Waals surface area (Å²) in [5.74, 6) is 0.551. The monoisotopic (exact) mass is 253 g/mol. The smallest absolute Gasteiger partial charge is 0.150 e. The van der Waals surface area contributed by atoms with E-state index in [0.29, 0.717) is 6.42 Å². The van der Waals surface area contributed by atoms with Crippen molar-refractivity contribution in [1.82, 2.24) is 0 Å². The second-order valence-electron chi connectivity index (χ2n) is 4.86. The van der Waals surface area contributed by atoms with Crippen molar-refractivity contribution in [1.29, 1.82) is 0 Å². The third kappa shape index (κ3) is 2.38. The summed E-state index contributed by atoms with van der Waals surface area (Å²) in [4.78, 5) is 0. The first-order valence-electron chi connectivity index (χ1n) is 6.03. The van der Waals surface area contributed by atoms with Crippen LogP contribution >= 0.6 is 0 Å². The molecular formula is C13H19NO2S. The summed E-state index contributed by atoms with van der Waals surface area (Å²) in [5, 5.41) is 0. The third-order valence-corrected chi connectivity index (χ3v) is 5.63. The molecule has 1 aliphatic heterocycles. The van der Waals surface area contributed by atoms with Gasteiger partial charge in [-0.1, -0.05) is 37.3 Å². The second kappa shape index (κ2) is 4.42. The van der Waals surface area contributed by atoms with Crippen LogP contribution < -0.4 is 5.73 Å². The second-order valence-corrected chi connectivity index (χ2v) is 7.09. The van der Waals surface area contributed by atoms with E-state index in [2.05, 4.69) is 0 Å². The van der Waals surface area contributed by atoms with Crippen molar-refractivity contribution in [2.24, 2.45) is 11.7 Å². The molecule has 2 atom stereocenters. The Morgan fingerprint density at radius 2 is 2.00 bits per heavy atom. The predicted octanol–water partition coefficient (Wildman–Crippen LogP) is 1.69. The average molecular weight is 253 g/mol. The van der Waals surface area contributed by atoms with Gasteiger partial charge in [0.25, 0.3) is 0 Å². The molecule has 1 heterocycles. The first-order chi connectivity index (χ1) is 7.98. The van der Waals surface area contributed by atoms with Gasteiger partial charge in [0.2, 0.25) is 0 Å². The normalized spacial score (nSPS) is 26.6. The van der Waals surface area contributed by atoms with Gasteiger partial charge in [-0.15, -0.1) is 0 Å². The number of hydrogen-bond acceptors (Lipinski definition) is 3. The molecule has 4 heteroatoms. The van der Waals surface area contributed by atoms with Gasteiger partial charge in [-0.25, -0.2) is 8.42 Å². The number of sulfone groups is 1. The highest BCUT2D eigenvalue weighted by atomic mass is 32.2. The van der Waals surface area contributed by atoms with Gasteiger partial charge in [-0.3, -0.25) is 0 Å². The molecule has 1 aromatic rings. The molecule has 0 aliphatic carbocycles. The fraction of sp³-hybridized carbons (Fsp3) is 0.538. The number of hydrogen-bond donors (Lipinski definition) is 1. The molecule has 0 radical (unpaired) electrons. The van der Waals surface area contributed by atoms with Crippen LogP contribution in [0.5, 0.6) is 0 Å². The largest absolute Gasteiger partial charge is 0.321 e. The molecule has 1 aliphatic rings. The van der Waals surface area contributed by atoms with Crippen molar-refractivity contribution in [3.8, 4) is 0 Å². The minimum atomic E-state index is -2.88. The van der Waals surface area contributed by atoms with Crippen LogP contribution in [0.15, 0.2) is 30.3 Å². The SMILES string of the molecule is CCC(N)(c1ccccc1)C1CCS(=O)(=O)C1. The van der Waals surface area contributed by atoms with Gasteiger partial charge in [0.15, 0.2) is 9.84 Å². The Balaban J connectivity index is 2.33. The van der Waals surface area contributed by atoms with Crippen LogP contribution in [0.2, 0.25) is 0 Å². The van der Waals surface area contributed by atoms with Crippen molar-refractivity contribution >= 4 is 9.84 Å². The van der Waals surface area contributed by atoms with E-state index in [4.69, 9.17) is 5.73 Å². The Kier molecular flexibility index (Phi) is 3.27. The standard InChI is InChI=1S/C13H19NO2S/c1-2-13(14,11-6-4-3-5-7-11)12-8-9-17(15,16)10-12/h3-7,12H,2,8-10,14H2,1H3. The lowest BCUT2D eigenvalue weighted by molar-refractivity contribution is 0.290. The molecule has 1 fully saturated rings. The Morgan fingerprint density at radius 3 is 2.47 bits per heavy atom. The number of nitrogens with two attached hydrogens (primary N) is 1. The van der Waals surface area contributed by atoms with Crippen LogP contribution in [0.3, 0.4) is 0 Å².